The normalized spacial score (nSPS) is 15.6. The maximum Gasteiger partial charge on any atom is 0.244 e. The van der Waals surface area contributed by atoms with Gasteiger partial charge in [-0.25, -0.2) is 0 Å². The number of hydrogen-bond donors (Lipinski definition) is 0. The number of halogens is 1. The van der Waals surface area contributed by atoms with Gasteiger partial charge in [-0.05, 0) is 12.8 Å². The quantitative estimate of drug-likeness (QED) is 0.756. The zero-order chi connectivity index (χ0) is 10.1. The molecule has 1 aliphatic rings. The van der Waals surface area contributed by atoms with Gasteiger partial charge in [0.1, 0.15) is 6.54 Å². The number of nitrogens with zero attached hydrogens (tertiary/aromatic N) is 3. The summed E-state index contributed by atoms with van der Waals surface area (Å²) in [4.78, 5) is 13.4. The van der Waals surface area contributed by atoms with Gasteiger partial charge in [-0.15, -0.1) is 0 Å². The fourth-order valence-corrected chi connectivity index (χ4v) is 1.50. The number of hydrogen-bond acceptors (Lipinski definition) is 2. The Bertz CT molecular complexity index is 346. The van der Waals surface area contributed by atoms with E-state index in [1.54, 1.807) is 15.8 Å². The van der Waals surface area contributed by atoms with Gasteiger partial charge in [-0.2, -0.15) is 5.10 Å². The minimum atomic E-state index is 0.0901. The Balaban J connectivity index is 1.93. The van der Waals surface area contributed by atoms with Crippen molar-refractivity contribution in [1.29, 1.82) is 0 Å². The Morgan fingerprint density at radius 2 is 2.50 bits per heavy atom. The highest BCUT2D eigenvalue weighted by Crippen LogP contribution is 2.25. The molecule has 2 rings (SSSR count). The highest BCUT2D eigenvalue weighted by molar-refractivity contribution is 6.30. The van der Waals surface area contributed by atoms with E-state index >= 15 is 0 Å². The van der Waals surface area contributed by atoms with Crippen LogP contribution in [0.4, 0.5) is 0 Å². The van der Waals surface area contributed by atoms with E-state index in [-0.39, 0.29) is 12.5 Å². The summed E-state index contributed by atoms with van der Waals surface area (Å²) < 4.78 is 1.56. The Morgan fingerprint density at radius 3 is 3.00 bits per heavy atom. The lowest BCUT2D eigenvalue weighted by Crippen LogP contribution is -2.32. The fraction of sp³-hybridized carbons (Fsp3) is 0.556. The number of rotatable bonds is 3. The van der Waals surface area contributed by atoms with E-state index in [1.807, 2.05) is 7.05 Å². The molecular weight excluding hydrogens is 202 g/mol. The second kappa shape index (κ2) is 3.61. The molecule has 1 amide bonds. The van der Waals surface area contributed by atoms with E-state index in [9.17, 15) is 4.79 Å². The molecule has 0 saturated heterocycles. The molecule has 0 spiro atoms. The van der Waals surface area contributed by atoms with Crippen molar-refractivity contribution in [1.82, 2.24) is 14.7 Å². The van der Waals surface area contributed by atoms with Gasteiger partial charge < -0.3 is 4.90 Å². The number of carbonyl (C=O) groups is 1. The number of likely N-dealkylation sites (N-methyl/N-ethyl adjacent to an activating group) is 1. The molecule has 14 heavy (non-hydrogen) atoms. The van der Waals surface area contributed by atoms with Crippen LogP contribution in [0.25, 0.3) is 0 Å². The average Bonchev–Trinajstić information content (AvgIpc) is 2.91. The van der Waals surface area contributed by atoms with Crippen molar-refractivity contribution in [3.8, 4) is 0 Å². The lowest BCUT2D eigenvalue weighted by atomic mass is 10.5. The third-order valence-corrected chi connectivity index (χ3v) is 2.58. The summed E-state index contributed by atoms with van der Waals surface area (Å²) in [6.07, 6.45) is 5.44. The first-order valence-electron chi connectivity index (χ1n) is 4.60. The third-order valence-electron chi connectivity index (χ3n) is 2.39. The minimum absolute atomic E-state index is 0.0901. The van der Waals surface area contributed by atoms with Crippen LogP contribution < -0.4 is 0 Å². The van der Waals surface area contributed by atoms with Crippen molar-refractivity contribution in [3.63, 3.8) is 0 Å². The molecule has 0 bridgehead atoms. The van der Waals surface area contributed by atoms with Gasteiger partial charge in [0.15, 0.2) is 0 Å². The van der Waals surface area contributed by atoms with Gasteiger partial charge in [0.2, 0.25) is 5.91 Å². The molecule has 0 radical (unpaired) electrons. The summed E-state index contributed by atoms with van der Waals surface area (Å²) in [6.45, 7) is 0.278. The van der Waals surface area contributed by atoms with Crippen LogP contribution in [-0.4, -0.2) is 33.7 Å². The minimum Gasteiger partial charge on any atom is -0.341 e. The van der Waals surface area contributed by atoms with Crippen LogP contribution in [0.3, 0.4) is 0 Å². The number of amides is 1. The molecule has 0 atom stereocenters. The van der Waals surface area contributed by atoms with Crippen LogP contribution in [0, 0.1) is 0 Å². The Hall–Kier alpha value is -1.03. The van der Waals surface area contributed by atoms with Gasteiger partial charge in [0.05, 0.1) is 11.2 Å². The van der Waals surface area contributed by atoms with E-state index in [0.29, 0.717) is 11.1 Å². The molecule has 0 aromatic carbocycles. The molecule has 1 aromatic rings. The predicted molar refractivity (Wildman–Crippen MR) is 53.0 cm³/mol. The topological polar surface area (TPSA) is 38.1 Å². The van der Waals surface area contributed by atoms with Crippen molar-refractivity contribution in [2.24, 2.45) is 0 Å². The van der Waals surface area contributed by atoms with Gasteiger partial charge >= 0.3 is 0 Å². The Labute approximate surface area is 87.4 Å². The zero-order valence-corrected chi connectivity index (χ0v) is 8.74. The van der Waals surface area contributed by atoms with Crippen molar-refractivity contribution < 1.29 is 4.79 Å². The standard InChI is InChI=1S/C9H12ClN3O/c1-12(8-2-3-8)9(14)6-13-5-7(10)4-11-13/h4-5,8H,2-3,6H2,1H3. The molecule has 1 heterocycles. The summed E-state index contributed by atoms with van der Waals surface area (Å²) in [5.74, 6) is 0.0901. The lowest BCUT2D eigenvalue weighted by molar-refractivity contribution is -0.131. The second-order valence-electron chi connectivity index (χ2n) is 3.59. The van der Waals surface area contributed by atoms with Crippen LogP contribution >= 0.6 is 11.6 Å². The third kappa shape index (κ3) is 2.07. The summed E-state index contributed by atoms with van der Waals surface area (Å²) in [5.41, 5.74) is 0. The van der Waals surface area contributed by atoms with E-state index < -0.39 is 0 Å². The van der Waals surface area contributed by atoms with Gasteiger partial charge in [0, 0.05) is 19.3 Å². The second-order valence-corrected chi connectivity index (χ2v) is 4.03. The first-order chi connectivity index (χ1) is 6.66. The molecule has 1 aliphatic carbocycles. The van der Waals surface area contributed by atoms with Crippen LogP contribution in [-0.2, 0) is 11.3 Å². The van der Waals surface area contributed by atoms with Crippen LogP contribution in [0.2, 0.25) is 5.02 Å². The van der Waals surface area contributed by atoms with Crippen molar-refractivity contribution >= 4 is 17.5 Å². The van der Waals surface area contributed by atoms with E-state index in [2.05, 4.69) is 5.10 Å². The fourth-order valence-electron chi connectivity index (χ4n) is 1.34. The first kappa shape index (κ1) is 9.52. The monoisotopic (exact) mass is 213 g/mol. The maximum atomic E-state index is 11.6. The molecule has 0 unspecified atom stereocenters. The molecule has 1 saturated carbocycles. The molecule has 5 heteroatoms. The van der Waals surface area contributed by atoms with Crippen molar-refractivity contribution in [2.45, 2.75) is 25.4 Å². The Kier molecular flexibility index (Phi) is 2.46. The molecular formula is C9H12ClN3O. The molecule has 1 fully saturated rings. The average molecular weight is 214 g/mol. The van der Waals surface area contributed by atoms with Gasteiger partial charge in [-0.3, -0.25) is 9.48 Å². The van der Waals surface area contributed by atoms with Crippen LogP contribution in [0.15, 0.2) is 12.4 Å². The first-order valence-corrected chi connectivity index (χ1v) is 4.98. The van der Waals surface area contributed by atoms with Crippen molar-refractivity contribution in [3.05, 3.63) is 17.4 Å². The molecule has 1 aromatic heterocycles. The maximum absolute atomic E-state index is 11.6. The van der Waals surface area contributed by atoms with E-state index in [1.165, 1.54) is 6.20 Å². The van der Waals surface area contributed by atoms with Gasteiger partial charge in [-0.1, -0.05) is 11.6 Å². The van der Waals surface area contributed by atoms with E-state index in [4.69, 9.17) is 11.6 Å². The van der Waals surface area contributed by atoms with Crippen molar-refractivity contribution in [2.75, 3.05) is 7.05 Å². The van der Waals surface area contributed by atoms with E-state index in [0.717, 1.165) is 12.8 Å². The van der Waals surface area contributed by atoms with Crippen LogP contribution in [0.1, 0.15) is 12.8 Å². The molecule has 0 N–H and O–H groups in total. The smallest absolute Gasteiger partial charge is 0.244 e. The SMILES string of the molecule is CN(C(=O)Cn1cc(Cl)cn1)C1CC1. The zero-order valence-electron chi connectivity index (χ0n) is 7.98. The summed E-state index contributed by atoms with van der Waals surface area (Å²) in [7, 11) is 1.84. The summed E-state index contributed by atoms with van der Waals surface area (Å²) in [6, 6.07) is 0.452. The predicted octanol–water partition coefficient (Wildman–Crippen LogP) is 1.16. The largest absolute Gasteiger partial charge is 0.341 e. The lowest BCUT2D eigenvalue weighted by Gasteiger charge is -2.15. The summed E-state index contributed by atoms with van der Waals surface area (Å²) >= 11 is 5.69. The Morgan fingerprint density at radius 1 is 1.79 bits per heavy atom. The number of aromatic nitrogens is 2. The number of carbonyl (C=O) groups excluding carboxylic acids is 1. The molecule has 76 valence electrons. The molecule has 0 aliphatic heterocycles. The summed E-state index contributed by atoms with van der Waals surface area (Å²) in [5, 5.41) is 4.52. The highest BCUT2D eigenvalue weighted by atomic mass is 35.5. The molecule has 4 nitrogen and oxygen atoms in total. The van der Waals surface area contributed by atoms with Crippen LogP contribution in [0.5, 0.6) is 0 Å². The van der Waals surface area contributed by atoms with Gasteiger partial charge in [0.25, 0.3) is 0 Å². The highest BCUT2D eigenvalue weighted by Gasteiger charge is 2.29.